The fraction of sp³-hybridized carbons (Fsp3) is 0.500. The molecule has 0 bridgehead atoms. The second-order valence-electron chi connectivity index (χ2n) is 7.87. The minimum atomic E-state index is -0.963. The second kappa shape index (κ2) is 7.66. The topological polar surface area (TPSA) is 119 Å². The summed E-state index contributed by atoms with van der Waals surface area (Å²) in [7, 11) is 1.91. The molecule has 0 spiro atoms. The van der Waals surface area contributed by atoms with Crippen molar-refractivity contribution in [1.82, 2.24) is 20.4 Å². The number of hydrogen-bond acceptors (Lipinski definition) is 7. The Hall–Kier alpha value is -2.62. The first-order valence-electron chi connectivity index (χ1n) is 9.80. The van der Waals surface area contributed by atoms with E-state index >= 15 is 0 Å². The van der Waals surface area contributed by atoms with Crippen LogP contribution < -0.4 is 10.6 Å². The number of nitrogens with one attached hydrogen (secondary N) is 2. The fourth-order valence-electron chi connectivity index (χ4n) is 4.30. The van der Waals surface area contributed by atoms with Crippen LogP contribution in [0.1, 0.15) is 45.5 Å². The van der Waals surface area contributed by atoms with Gasteiger partial charge >= 0.3 is 0 Å². The van der Waals surface area contributed by atoms with Crippen molar-refractivity contribution >= 4 is 23.6 Å². The first kappa shape index (κ1) is 19.7. The number of aliphatic hydroxyl groups excluding tert-OH is 1. The number of imide groups is 2. The Balaban J connectivity index is 1.52. The van der Waals surface area contributed by atoms with Gasteiger partial charge in [-0.2, -0.15) is 0 Å². The summed E-state index contributed by atoms with van der Waals surface area (Å²) < 4.78 is 0. The van der Waals surface area contributed by atoms with Gasteiger partial charge in [-0.3, -0.25) is 34.3 Å². The zero-order valence-electron chi connectivity index (χ0n) is 16.2. The van der Waals surface area contributed by atoms with E-state index in [4.69, 9.17) is 0 Å². The monoisotopic (exact) mass is 400 g/mol. The molecule has 2 fully saturated rings. The van der Waals surface area contributed by atoms with Crippen LogP contribution in [0.4, 0.5) is 0 Å². The van der Waals surface area contributed by atoms with Crippen LogP contribution in [0.3, 0.4) is 0 Å². The predicted molar refractivity (Wildman–Crippen MR) is 102 cm³/mol. The highest BCUT2D eigenvalue weighted by Crippen LogP contribution is 2.28. The Morgan fingerprint density at radius 2 is 1.90 bits per heavy atom. The van der Waals surface area contributed by atoms with Crippen LogP contribution in [0.25, 0.3) is 0 Å². The van der Waals surface area contributed by atoms with Crippen LogP contribution in [0, 0.1) is 0 Å². The molecule has 3 aliphatic heterocycles. The van der Waals surface area contributed by atoms with Gasteiger partial charge < -0.3 is 10.4 Å². The quantitative estimate of drug-likeness (QED) is 0.569. The molecule has 0 radical (unpaired) electrons. The summed E-state index contributed by atoms with van der Waals surface area (Å²) in [5, 5.41) is 15.7. The molecule has 1 aromatic carbocycles. The van der Waals surface area contributed by atoms with Crippen molar-refractivity contribution in [2.45, 2.75) is 44.0 Å². The average molecular weight is 400 g/mol. The first-order valence-corrected chi connectivity index (χ1v) is 9.80. The molecular weight excluding hydrogens is 376 g/mol. The molecule has 3 heterocycles. The molecule has 9 heteroatoms. The zero-order valence-corrected chi connectivity index (χ0v) is 16.2. The fourth-order valence-corrected chi connectivity index (χ4v) is 4.30. The largest absolute Gasteiger partial charge is 0.391 e. The Morgan fingerprint density at radius 1 is 1.14 bits per heavy atom. The third-order valence-corrected chi connectivity index (χ3v) is 5.92. The van der Waals surface area contributed by atoms with Gasteiger partial charge in [-0.25, -0.2) is 0 Å². The van der Waals surface area contributed by atoms with E-state index in [0.717, 1.165) is 17.0 Å². The molecule has 3 aliphatic rings. The van der Waals surface area contributed by atoms with Gasteiger partial charge in [-0.1, -0.05) is 6.07 Å². The molecular formula is C20H24N4O5. The molecule has 154 valence electrons. The van der Waals surface area contributed by atoms with Crippen molar-refractivity contribution in [1.29, 1.82) is 0 Å². The molecule has 3 atom stereocenters. The number of nitrogens with zero attached hydrogens (tertiary/aromatic N) is 2. The highest BCUT2D eigenvalue weighted by molar-refractivity contribution is 6.23. The average Bonchev–Trinajstić information content (AvgIpc) is 2.93. The lowest BCUT2D eigenvalue weighted by Crippen LogP contribution is -2.54. The van der Waals surface area contributed by atoms with Gasteiger partial charge in [0.25, 0.3) is 11.8 Å². The second-order valence-corrected chi connectivity index (χ2v) is 7.87. The predicted octanol–water partition coefficient (Wildman–Crippen LogP) is -0.758. The van der Waals surface area contributed by atoms with E-state index < -0.39 is 35.8 Å². The van der Waals surface area contributed by atoms with E-state index in [1.807, 2.05) is 11.9 Å². The van der Waals surface area contributed by atoms with E-state index in [1.54, 1.807) is 18.2 Å². The van der Waals surface area contributed by atoms with Crippen LogP contribution in [-0.2, 0) is 16.1 Å². The maximum absolute atomic E-state index is 12.9. The number of rotatable bonds is 4. The van der Waals surface area contributed by atoms with Gasteiger partial charge in [0, 0.05) is 25.6 Å². The zero-order chi connectivity index (χ0) is 20.7. The molecule has 1 aromatic rings. The highest BCUT2D eigenvalue weighted by Gasteiger charge is 2.44. The van der Waals surface area contributed by atoms with Crippen molar-refractivity contribution in [2.75, 3.05) is 20.1 Å². The number of hydrogen-bond donors (Lipinski definition) is 3. The number of carbonyl (C=O) groups excluding carboxylic acids is 4. The SMILES string of the molecule is CN(Cc1ccc2c(c1)C(=O)N(C1CCC(=O)NC1=O)C2=O)C1CNCCC1O. The molecule has 0 saturated carbocycles. The normalized spacial score (nSPS) is 27.4. The molecule has 2 saturated heterocycles. The van der Waals surface area contributed by atoms with E-state index in [1.165, 1.54) is 0 Å². The van der Waals surface area contributed by atoms with Crippen molar-refractivity contribution in [3.05, 3.63) is 34.9 Å². The van der Waals surface area contributed by atoms with E-state index in [2.05, 4.69) is 10.6 Å². The van der Waals surface area contributed by atoms with Crippen LogP contribution in [0.5, 0.6) is 0 Å². The van der Waals surface area contributed by atoms with Crippen LogP contribution in [0.15, 0.2) is 18.2 Å². The summed E-state index contributed by atoms with van der Waals surface area (Å²) in [6.07, 6.45) is 0.505. The van der Waals surface area contributed by atoms with Crippen LogP contribution in [0.2, 0.25) is 0 Å². The molecule has 0 aliphatic carbocycles. The minimum Gasteiger partial charge on any atom is -0.391 e. The van der Waals surface area contributed by atoms with Gasteiger partial charge in [0.15, 0.2) is 0 Å². The Kier molecular flexibility index (Phi) is 5.20. The van der Waals surface area contributed by atoms with Crippen molar-refractivity contribution in [3.8, 4) is 0 Å². The lowest BCUT2D eigenvalue weighted by molar-refractivity contribution is -0.136. The molecule has 29 heavy (non-hydrogen) atoms. The Morgan fingerprint density at radius 3 is 2.62 bits per heavy atom. The van der Waals surface area contributed by atoms with Gasteiger partial charge in [0.1, 0.15) is 6.04 Å². The summed E-state index contributed by atoms with van der Waals surface area (Å²) in [5.41, 5.74) is 1.38. The maximum atomic E-state index is 12.9. The molecule has 0 aromatic heterocycles. The summed E-state index contributed by atoms with van der Waals surface area (Å²) >= 11 is 0. The van der Waals surface area contributed by atoms with Crippen molar-refractivity contribution < 1.29 is 24.3 Å². The molecule has 4 amide bonds. The van der Waals surface area contributed by atoms with Crippen molar-refractivity contribution in [2.24, 2.45) is 0 Å². The van der Waals surface area contributed by atoms with Crippen LogP contribution in [-0.4, -0.2) is 76.9 Å². The number of aliphatic hydroxyl groups is 1. The highest BCUT2D eigenvalue weighted by atomic mass is 16.3. The number of amides is 4. The van der Waals surface area contributed by atoms with Gasteiger partial charge in [-0.15, -0.1) is 0 Å². The standard InChI is InChI=1S/C20H24N4O5/c1-23(15-9-21-7-6-16(15)25)10-11-2-3-12-13(8-11)20(29)24(19(12)28)14-4-5-17(26)22-18(14)27/h2-3,8,14-16,21,25H,4-7,9-10H2,1H3,(H,22,26,27). The summed E-state index contributed by atoms with van der Waals surface area (Å²) in [6.45, 7) is 1.98. The smallest absolute Gasteiger partial charge is 0.262 e. The number of piperidine rings is 2. The minimum absolute atomic E-state index is 0.0330. The van der Waals surface area contributed by atoms with Gasteiger partial charge in [0.05, 0.1) is 17.2 Å². The number of fused-ring (bicyclic) bond motifs is 1. The van der Waals surface area contributed by atoms with Gasteiger partial charge in [0.2, 0.25) is 11.8 Å². The number of carbonyl (C=O) groups is 4. The molecule has 9 nitrogen and oxygen atoms in total. The van der Waals surface area contributed by atoms with E-state index in [9.17, 15) is 24.3 Å². The third kappa shape index (κ3) is 3.57. The van der Waals surface area contributed by atoms with Crippen molar-refractivity contribution in [3.63, 3.8) is 0 Å². The van der Waals surface area contributed by atoms with E-state index in [0.29, 0.717) is 19.5 Å². The number of likely N-dealkylation sites (N-methyl/N-ethyl adjacent to an activating group) is 1. The first-order chi connectivity index (χ1) is 13.9. The van der Waals surface area contributed by atoms with E-state index in [-0.39, 0.29) is 30.0 Å². The molecule has 3 unspecified atom stereocenters. The lowest BCUT2D eigenvalue weighted by atomic mass is 10.0. The Bertz CT molecular complexity index is 886. The molecule has 4 rings (SSSR count). The third-order valence-electron chi connectivity index (χ3n) is 5.92. The summed E-state index contributed by atoms with van der Waals surface area (Å²) in [5.74, 6) is -2.03. The summed E-state index contributed by atoms with van der Waals surface area (Å²) in [4.78, 5) is 52.1. The summed E-state index contributed by atoms with van der Waals surface area (Å²) in [6, 6.07) is 4.08. The van der Waals surface area contributed by atoms with Gasteiger partial charge in [-0.05, 0) is 44.1 Å². The number of benzene rings is 1. The van der Waals surface area contributed by atoms with Crippen LogP contribution >= 0.6 is 0 Å². The maximum Gasteiger partial charge on any atom is 0.262 e. The Labute approximate surface area is 168 Å². The lowest BCUT2D eigenvalue weighted by Gasteiger charge is -2.35. The molecule has 3 N–H and O–H groups in total.